The molecular formula is C36H44F2N6O5S. The van der Waals surface area contributed by atoms with Gasteiger partial charge in [-0.05, 0) is 82.2 Å². The van der Waals surface area contributed by atoms with Crippen LogP contribution in [-0.4, -0.2) is 90.0 Å². The van der Waals surface area contributed by atoms with Crippen LogP contribution in [0.25, 0.3) is 10.9 Å². The first kappa shape index (κ1) is 34.7. The van der Waals surface area contributed by atoms with Crippen molar-refractivity contribution >= 4 is 45.9 Å². The molecule has 7 rings (SSSR count). The van der Waals surface area contributed by atoms with Crippen molar-refractivity contribution in [1.29, 1.82) is 0 Å². The maximum Gasteiger partial charge on any atom is 0.261 e. The number of hydrogen-bond donors (Lipinski definition) is 3. The number of aromatic nitrogens is 2. The fourth-order valence-electron chi connectivity index (χ4n) is 7.49. The Labute approximate surface area is 293 Å². The number of ether oxygens (including phenoxy) is 2. The fourth-order valence-corrected chi connectivity index (χ4v) is 8.56. The molecule has 1 atom stereocenters. The molecule has 0 aliphatic carbocycles. The molecule has 14 heteroatoms. The molecule has 3 N–H and O–H groups in total. The maximum atomic E-state index is 15.2. The van der Waals surface area contributed by atoms with Crippen molar-refractivity contribution in [3.8, 4) is 5.75 Å². The van der Waals surface area contributed by atoms with Crippen molar-refractivity contribution in [2.45, 2.75) is 74.5 Å². The number of benzene rings is 2. The highest BCUT2D eigenvalue weighted by molar-refractivity contribution is 7.99. The molecule has 0 saturated carbocycles. The second kappa shape index (κ2) is 15.6. The second-order valence-corrected chi connectivity index (χ2v) is 15.0. The van der Waals surface area contributed by atoms with Crippen LogP contribution in [0.1, 0.15) is 57.2 Å². The van der Waals surface area contributed by atoms with E-state index in [0.717, 1.165) is 64.7 Å². The molecule has 5 heterocycles. The average molecular weight is 711 g/mol. The summed E-state index contributed by atoms with van der Waals surface area (Å²) in [5.74, 6) is 0.213. The molecule has 50 heavy (non-hydrogen) atoms. The van der Waals surface area contributed by atoms with Gasteiger partial charge in [-0.3, -0.25) is 19.7 Å². The van der Waals surface area contributed by atoms with E-state index in [-0.39, 0.29) is 29.4 Å². The number of carbonyl (C=O) groups is 2. The Kier molecular flexibility index (Phi) is 10.9. The summed E-state index contributed by atoms with van der Waals surface area (Å²) in [6.07, 6.45) is 6.44. The smallest absolute Gasteiger partial charge is 0.261 e. The molecule has 0 radical (unpaired) electrons. The Hall–Kier alpha value is -3.75. The lowest BCUT2D eigenvalue weighted by Crippen LogP contribution is -2.48. The number of fused-ring (bicyclic) bond motifs is 1. The Morgan fingerprint density at radius 1 is 0.940 bits per heavy atom. The molecule has 4 aliphatic heterocycles. The van der Waals surface area contributed by atoms with Crippen LogP contribution >= 0.6 is 11.8 Å². The van der Waals surface area contributed by atoms with E-state index in [0.29, 0.717) is 77.7 Å². The van der Waals surface area contributed by atoms with Crippen LogP contribution in [0.3, 0.4) is 0 Å². The van der Waals surface area contributed by atoms with E-state index in [1.807, 2.05) is 0 Å². The Bertz CT molecular complexity index is 1750. The number of piperidine rings is 3. The number of likely N-dealkylation sites (tertiary alicyclic amines) is 1. The van der Waals surface area contributed by atoms with E-state index in [4.69, 9.17) is 9.47 Å². The molecule has 4 aliphatic rings. The first-order valence-electron chi connectivity index (χ1n) is 17.7. The van der Waals surface area contributed by atoms with Crippen LogP contribution in [0, 0.1) is 17.6 Å². The zero-order valence-corrected chi connectivity index (χ0v) is 28.9. The standard InChI is InChI=1S/C36H44F2N6O5S/c37-27-17-23(39-29-2-4-33(45)42-35(29)46)1-3-31(27)44-11-5-24(6-12-44)43-13-7-26(8-14-43)50-21-32-40-30-19-25(18-28(38)34(30)36(47)41-32)49-20-22-9-15-48-16-10-22/h1,3,17-19,22,24,26,29,39H,2,4-16,20-21H2,(H,40,41,47)(H,42,45,46). The number of imide groups is 1. The first-order valence-corrected chi connectivity index (χ1v) is 18.8. The van der Waals surface area contributed by atoms with E-state index < -0.39 is 17.4 Å². The summed E-state index contributed by atoms with van der Waals surface area (Å²) in [7, 11) is 0. The van der Waals surface area contributed by atoms with Gasteiger partial charge in [0.25, 0.3) is 5.56 Å². The minimum atomic E-state index is -0.627. The van der Waals surface area contributed by atoms with Crippen molar-refractivity contribution in [2.24, 2.45) is 5.92 Å². The van der Waals surface area contributed by atoms with Crippen molar-refractivity contribution < 1.29 is 27.8 Å². The third-order valence-electron chi connectivity index (χ3n) is 10.4. The number of anilines is 2. The molecular weight excluding hydrogens is 666 g/mol. The van der Waals surface area contributed by atoms with Gasteiger partial charge < -0.3 is 29.6 Å². The molecule has 4 fully saturated rings. The van der Waals surface area contributed by atoms with Gasteiger partial charge in [0.1, 0.15) is 34.6 Å². The SMILES string of the molecule is O=C1CCC(Nc2ccc(N3CCC(N4CCC(SCc5nc6cc(OCC7CCOCC7)cc(F)c6c(=O)[nH]5)CC4)CC3)c(F)c2)C(=O)N1. The lowest BCUT2D eigenvalue weighted by Gasteiger charge is -2.42. The topological polar surface area (TPSA) is 129 Å². The van der Waals surface area contributed by atoms with Gasteiger partial charge >= 0.3 is 0 Å². The van der Waals surface area contributed by atoms with E-state index >= 15 is 4.39 Å². The van der Waals surface area contributed by atoms with Crippen LogP contribution in [0.2, 0.25) is 0 Å². The van der Waals surface area contributed by atoms with E-state index in [1.165, 1.54) is 12.1 Å². The molecule has 1 unspecified atom stereocenters. The maximum absolute atomic E-state index is 15.2. The van der Waals surface area contributed by atoms with Gasteiger partial charge in [0.15, 0.2) is 0 Å². The predicted molar refractivity (Wildman–Crippen MR) is 189 cm³/mol. The highest BCUT2D eigenvalue weighted by atomic mass is 32.2. The summed E-state index contributed by atoms with van der Waals surface area (Å²) in [4.78, 5) is 48.3. The van der Waals surface area contributed by atoms with Crippen LogP contribution in [-0.2, 0) is 20.1 Å². The number of hydrogen-bond acceptors (Lipinski definition) is 10. The fraction of sp³-hybridized carbons (Fsp3) is 0.556. The number of carbonyl (C=O) groups excluding carboxylic acids is 2. The summed E-state index contributed by atoms with van der Waals surface area (Å²) >= 11 is 1.78. The van der Waals surface area contributed by atoms with E-state index in [1.54, 1.807) is 30.0 Å². The summed E-state index contributed by atoms with van der Waals surface area (Å²) in [5.41, 5.74) is 0.926. The molecule has 4 saturated heterocycles. The monoisotopic (exact) mass is 710 g/mol. The number of aromatic amines is 1. The molecule has 3 aromatic rings. The Morgan fingerprint density at radius 3 is 2.46 bits per heavy atom. The number of nitrogens with zero attached hydrogens (tertiary/aromatic N) is 3. The molecule has 2 amide bonds. The normalized spacial score (nSPS) is 21.8. The van der Waals surface area contributed by atoms with E-state index in [9.17, 15) is 18.8 Å². The molecule has 0 spiro atoms. The van der Waals surface area contributed by atoms with Crippen molar-refractivity contribution in [2.75, 3.05) is 56.2 Å². The number of rotatable bonds is 10. The van der Waals surface area contributed by atoms with Crippen LogP contribution < -0.4 is 25.8 Å². The van der Waals surface area contributed by atoms with Gasteiger partial charge in [-0.2, -0.15) is 11.8 Å². The summed E-state index contributed by atoms with van der Waals surface area (Å²) in [5, 5.41) is 5.75. The average Bonchev–Trinajstić information content (AvgIpc) is 3.12. The lowest BCUT2D eigenvalue weighted by molar-refractivity contribution is -0.133. The van der Waals surface area contributed by atoms with Crippen molar-refractivity contribution in [1.82, 2.24) is 20.2 Å². The number of amides is 2. The minimum Gasteiger partial charge on any atom is -0.493 e. The Morgan fingerprint density at radius 2 is 1.72 bits per heavy atom. The Balaban J connectivity index is 0.868. The summed E-state index contributed by atoms with van der Waals surface area (Å²) in [6.45, 7) is 5.41. The van der Waals surface area contributed by atoms with Crippen LogP contribution in [0.5, 0.6) is 5.75 Å². The quantitative estimate of drug-likeness (QED) is 0.257. The lowest BCUT2D eigenvalue weighted by atomic mass is 9.99. The van der Waals surface area contributed by atoms with Gasteiger partial charge in [0.2, 0.25) is 11.8 Å². The van der Waals surface area contributed by atoms with Gasteiger partial charge in [0.05, 0.1) is 23.6 Å². The highest BCUT2D eigenvalue weighted by Crippen LogP contribution is 2.32. The number of halogens is 2. The third kappa shape index (κ3) is 8.24. The molecule has 0 bridgehead atoms. The van der Waals surface area contributed by atoms with Gasteiger partial charge in [-0.15, -0.1) is 0 Å². The number of H-pyrrole nitrogens is 1. The largest absolute Gasteiger partial charge is 0.493 e. The molecule has 1 aromatic heterocycles. The minimum absolute atomic E-state index is 0.0435. The predicted octanol–water partition coefficient (Wildman–Crippen LogP) is 4.59. The molecule has 2 aromatic carbocycles. The molecule has 11 nitrogen and oxygen atoms in total. The zero-order chi connectivity index (χ0) is 34.6. The van der Waals surface area contributed by atoms with Gasteiger partial charge in [-0.25, -0.2) is 13.8 Å². The first-order chi connectivity index (χ1) is 24.3. The van der Waals surface area contributed by atoms with Crippen LogP contribution in [0.15, 0.2) is 35.1 Å². The second-order valence-electron chi connectivity index (χ2n) is 13.8. The summed E-state index contributed by atoms with van der Waals surface area (Å²) in [6, 6.07) is 7.81. The van der Waals surface area contributed by atoms with Crippen molar-refractivity contribution in [3.63, 3.8) is 0 Å². The number of nitrogens with one attached hydrogen (secondary N) is 3. The third-order valence-corrected chi connectivity index (χ3v) is 11.8. The highest BCUT2D eigenvalue weighted by Gasteiger charge is 2.30. The van der Waals surface area contributed by atoms with Crippen molar-refractivity contribution in [3.05, 3.63) is 58.1 Å². The summed E-state index contributed by atoms with van der Waals surface area (Å²) < 4.78 is 41.4. The molecule has 268 valence electrons. The zero-order valence-electron chi connectivity index (χ0n) is 28.1. The van der Waals surface area contributed by atoms with E-state index in [2.05, 4.69) is 30.4 Å². The van der Waals surface area contributed by atoms with Gasteiger partial charge in [-0.1, -0.05) is 0 Å². The number of thioether (sulfide) groups is 1. The van der Waals surface area contributed by atoms with Crippen LogP contribution in [0.4, 0.5) is 20.2 Å². The van der Waals surface area contributed by atoms with Gasteiger partial charge in [0, 0.05) is 61.8 Å².